The number of hydrogen-bond acceptors (Lipinski definition) is 6. The zero-order chi connectivity index (χ0) is 18.6. The molecule has 1 aliphatic rings. The van der Waals surface area contributed by atoms with Crippen molar-refractivity contribution in [2.75, 3.05) is 4.90 Å². The van der Waals surface area contributed by atoms with Gasteiger partial charge >= 0.3 is 0 Å². The average molecular weight is 359 g/mol. The van der Waals surface area contributed by atoms with Gasteiger partial charge < -0.3 is 9.69 Å². The lowest BCUT2D eigenvalue weighted by Gasteiger charge is -2.32. The number of aldehydes is 1. The van der Waals surface area contributed by atoms with Crippen molar-refractivity contribution in [2.24, 2.45) is 0 Å². The zero-order valence-electron chi connectivity index (χ0n) is 14.1. The highest BCUT2D eigenvalue weighted by Crippen LogP contribution is 2.34. The summed E-state index contributed by atoms with van der Waals surface area (Å²) in [4.78, 5) is 29.8. The highest BCUT2D eigenvalue weighted by molar-refractivity contribution is 5.98. The van der Waals surface area contributed by atoms with Crippen LogP contribution in [0.5, 0.6) is 0 Å². The van der Waals surface area contributed by atoms with Crippen LogP contribution in [0.1, 0.15) is 11.3 Å². The summed E-state index contributed by atoms with van der Waals surface area (Å²) in [6, 6.07) is 8.02. The molecule has 0 bridgehead atoms. The number of nitrogens with zero attached hydrogens (tertiary/aromatic N) is 5. The van der Waals surface area contributed by atoms with E-state index in [1.165, 1.54) is 12.5 Å². The fraction of sp³-hybridized carbons (Fsp3) is 0.0500. The van der Waals surface area contributed by atoms with Crippen LogP contribution in [0.25, 0.3) is 11.1 Å². The van der Waals surface area contributed by atoms with Crippen LogP contribution in [-0.2, 0) is 4.79 Å². The Morgan fingerprint density at radius 1 is 1.04 bits per heavy atom. The van der Waals surface area contributed by atoms with Crippen LogP contribution in [0.3, 0.4) is 0 Å². The number of allylic oxidation sites excluding steroid dienone is 2. The molecule has 1 unspecified atom stereocenters. The molecule has 0 saturated heterocycles. The van der Waals surface area contributed by atoms with E-state index in [1.807, 2.05) is 18.2 Å². The van der Waals surface area contributed by atoms with Crippen LogP contribution in [-0.4, -0.2) is 32.3 Å². The second kappa shape index (κ2) is 7.25. The highest BCUT2D eigenvalue weighted by atomic mass is 19.1. The molecule has 0 aromatic carbocycles. The van der Waals surface area contributed by atoms with Gasteiger partial charge in [-0.1, -0.05) is 6.07 Å². The van der Waals surface area contributed by atoms with E-state index in [2.05, 4.69) is 19.9 Å². The normalized spacial score (nSPS) is 16.5. The maximum atomic E-state index is 14.4. The molecular formula is C20H14FN5O. The molecule has 0 saturated carbocycles. The van der Waals surface area contributed by atoms with E-state index < -0.39 is 12.0 Å². The third-order valence-corrected chi connectivity index (χ3v) is 4.21. The first-order valence-electron chi connectivity index (χ1n) is 8.22. The van der Waals surface area contributed by atoms with Gasteiger partial charge in [0.2, 0.25) is 5.95 Å². The molecule has 4 rings (SSSR count). The molecule has 1 atom stereocenters. The number of carbonyl (C=O) groups is 1. The largest absolute Gasteiger partial charge is 0.330 e. The van der Waals surface area contributed by atoms with Gasteiger partial charge in [0.15, 0.2) is 0 Å². The SMILES string of the molecule is O=CC1C(c2cccnc2F)=CC(c2ccccn2)=CN1c1cncnc1. The van der Waals surface area contributed by atoms with Gasteiger partial charge in [-0.25, -0.2) is 15.0 Å². The molecule has 3 aromatic heterocycles. The Morgan fingerprint density at radius 3 is 2.56 bits per heavy atom. The molecule has 7 heteroatoms. The Labute approximate surface area is 154 Å². The summed E-state index contributed by atoms with van der Waals surface area (Å²) < 4.78 is 14.4. The van der Waals surface area contributed by atoms with Crippen molar-refractivity contribution in [2.45, 2.75) is 6.04 Å². The quantitative estimate of drug-likeness (QED) is 0.527. The Bertz CT molecular complexity index is 1020. The summed E-state index contributed by atoms with van der Waals surface area (Å²) in [5.74, 6) is -0.637. The van der Waals surface area contributed by atoms with E-state index in [1.54, 1.807) is 47.9 Å². The van der Waals surface area contributed by atoms with Crippen LogP contribution in [0.4, 0.5) is 10.1 Å². The number of pyridine rings is 2. The maximum absolute atomic E-state index is 14.4. The Hall–Kier alpha value is -3.74. The zero-order valence-corrected chi connectivity index (χ0v) is 14.1. The molecule has 3 aromatic rings. The van der Waals surface area contributed by atoms with Gasteiger partial charge in [-0.15, -0.1) is 0 Å². The van der Waals surface area contributed by atoms with Crippen molar-refractivity contribution in [1.82, 2.24) is 19.9 Å². The minimum Gasteiger partial charge on any atom is -0.330 e. The predicted octanol–water partition coefficient (Wildman–Crippen LogP) is 2.92. The van der Waals surface area contributed by atoms with E-state index in [-0.39, 0.29) is 5.56 Å². The smallest absolute Gasteiger partial charge is 0.220 e. The second-order valence-electron chi connectivity index (χ2n) is 5.83. The minimum absolute atomic E-state index is 0.262. The first-order chi connectivity index (χ1) is 13.3. The summed E-state index contributed by atoms with van der Waals surface area (Å²) in [6.07, 6.45) is 12.0. The Kier molecular flexibility index (Phi) is 4.49. The van der Waals surface area contributed by atoms with Crippen molar-refractivity contribution >= 4 is 23.1 Å². The molecule has 4 heterocycles. The number of aromatic nitrogens is 4. The van der Waals surface area contributed by atoms with E-state index in [0.717, 1.165) is 11.9 Å². The first kappa shape index (κ1) is 16.7. The summed E-state index contributed by atoms with van der Waals surface area (Å²) in [7, 11) is 0. The van der Waals surface area contributed by atoms with Gasteiger partial charge in [0, 0.05) is 29.7 Å². The van der Waals surface area contributed by atoms with Crippen LogP contribution in [0, 0.1) is 5.95 Å². The number of halogens is 1. The molecule has 0 aliphatic carbocycles. The monoisotopic (exact) mass is 359 g/mol. The van der Waals surface area contributed by atoms with Gasteiger partial charge in [-0.2, -0.15) is 4.39 Å². The number of hydrogen-bond donors (Lipinski definition) is 0. The van der Waals surface area contributed by atoms with Crippen molar-refractivity contribution in [3.63, 3.8) is 0 Å². The van der Waals surface area contributed by atoms with Gasteiger partial charge in [0.05, 0.1) is 23.8 Å². The van der Waals surface area contributed by atoms with Gasteiger partial charge in [-0.3, -0.25) is 4.98 Å². The third kappa shape index (κ3) is 3.22. The maximum Gasteiger partial charge on any atom is 0.220 e. The highest BCUT2D eigenvalue weighted by Gasteiger charge is 2.29. The van der Waals surface area contributed by atoms with Crippen LogP contribution >= 0.6 is 0 Å². The molecule has 27 heavy (non-hydrogen) atoms. The van der Waals surface area contributed by atoms with Gasteiger partial charge in [-0.05, 0) is 35.9 Å². The van der Waals surface area contributed by atoms with E-state index >= 15 is 0 Å². The molecule has 132 valence electrons. The molecule has 1 aliphatic heterocycles. The Morgan fingerprint density at radius 2 is 1.85 bits per heavy atom. The minimum atomic E-state index is -0.748. The number of anilines is 1. The van der Waals surface area contributed by atoms with Crippen molar-refractivity contribution in [3.05, 3.63) is 90.9 Å². The molecule has 0 N–H and O–H groups in total. The van der Waals surface area contributed by atoms with Crippen LogP contribution in [0.15, 0.2) is 73.7 Å². The lowest BCUT2D eigenvalue weighted by atomic mass is 9.92. The van der Waals surface area contributed by atoms with E-state index in [9.17, 15) is 9.18 Å². The van der Waals surface area contributed by atoms with Gasteiger partial charge in [0.25, 0.3) is 0 Å². The number of carbonyl (C=O) groups excluding carboxylic acids is 1. The van der Waals surface area contributed by atoms with E-state index in [0.29, 0.717) is 17.0 Å². The second-order valence-corrected chi connectivity index (χ2v) is 5.83. The fourth-order valence-electron chi connectivity index (χ4n) is 2.98. The molecule has 0 amide bonds. The summed E-state index contributed by atoms with van der Waals surface area (Å²) in [5.41, 5.74) is 2.79. The standard InChI is InChI=1S/C20H14FN5O/c21-20-16(4-3-7-25-20)17-8-14(18-5-1-2-6-24-18)11-26(19(17)12-27)15-9-22-13-23-10-15/h1-13,19H. The molecule has 6 nitrogen and oxygen atoms in total. The molecule has 0 radical (unpaired) electrons. The molecule has 0 spiro atoms. The fourth-order valence-corrected chi connectivity index (χ4v) is 2.98. The Balaban J connectivity index is 1.91. The van der Waals surface area contributed by atoms with E-state index in [4.69, 9.17) is 0 Å². The average Bonchev–Trinajstić information content (AvgIpc) is 2.74. The summed E-state index contributed by atoms with van der Waals surface area (Å²) >= 11 is 0. The lowest BCUT2D eigenvalue weighted by molar-refractivity contribution is -0.107. The van der Waals surface area contributed by atoms with Gasteiger partial charge in [0.1, 0.15) is 18.7 Å². The first-order valence-corrected chi connectivity index (χ1v) is 8.22. The number of rotatable bonds is 4. The van der Waals surface area contributed by atoms with Crippen molar-refractivity contribution in [3.8, 4) is 0 Å². The third-order valence-electron chi connectivity index (χ3n) is 4.21. The lowest BCUT2D eigenvalue weighted by Crippen LogP contribution is -2.36. The van der Waals surface area contributed by atoms with Crippen molar-refractivity contribution < 1.29 is 9.18 Å². The summed E-state index contributed by atoms with van der Waals surface area (Å²) in [6.45, 7) is 0. The summed E-state index contributed by atoms with van der Waals surface area (Å²) in [5, 5.41) is 0. The molecule has 0 fully saturated rings. The van der Waals surface area contributed by atoms with Crippen LogP contribution in [0.2, 0.25) is 0 Å². The van der Waals surface area contributed by atoms with Crippen molar-refractivity contribution in [1.29, 1.82) is 0 Å². The van der Waals surface area contributed by atoms with Crippen LogP contribution < -0.4 is 4.90 Å². The predicted molar refractivity (Wildman–Crippen MR) is 98.7 cm³/mol. The topological polar surface area (TPSA) is 71.9 Å². The molecular weight excluding hydrogens is 345 g/mol.